The Labute approximate surface area is 248 Å². The lowest BCUT2D eigenvalue weighted by Crippen LogP contribution is -2.50. The Morgan fingerprint density at radius 1 is 0.929 bits per heavy atom. The second-order valence-corrected chi connectivity index (χ2v) is 10.2. The Kier molecular flexibility index (Phi) is 8.68. The van der Waals surface area contributed by atoms with Gasteiger partial charge in [-0.3, -0.25) is 14.4 Å². The molecule has 1 aliphatic heterocycles. The number of phenolic OH excluding ortho intramolecular Hbond substituents is 1. The van der Waals surface area contributed by atoms with E-state index < -0.39 is 5.91 Å². The molecule has 0 aliphatic carbocycles. The van der Waals surface area contributed by atoms with Gasteiger partial charge in [-0.2, -0.15) is 5.10 Å². The summed E-state index contributed by atoms with van der Waals surface area (Å²) < 4.78 is 5.97. The maximum atomic E-state index is 13.0. The van der Waals surface area contributed by atoms with Gasteiger partial charge in [0.1, 0.15) is 11.5 Å². The predicted molar refractivity (Wildman–Crippen MR) is 163 cm³/mol. The molecule has 4 aromatic rings. The van der Waals surface area contributed by atoms with Gasteiger partial charge in [0, 0.05) is 53.9 Å². The third-order valence-corrected chi connectivity index (χ3v) is 7.42. The average Bonchev–Trinajstić information content (AvgIpc) is 3.01. The fourth-order valence-corrected chi connectivity index (χ4v) is 4.94. The van der Waals surface area contributed by atoms with Crippen molar-refractivity contribution in [3.63, 3.8) is 0 Å². The molecule has 9 nitrogen and oxygen atoms in total. The molecule has 0 saturated carbocycles. The number of anilines is 1. The topological polar surface area (TPSA) is 112 Å². The quantitative estimate of drug-likeness (QED) is 0.173. The van der Waals surface area contributed by atoms with Crippen LogP contribution in [-0.2, 0) is 4.79 Å². The zero-order valence-electron chi connectivity index (χ0n) is 22.9. The largest absolute Gasteiger partial charge is 0.506 e. The van der Waals surface area contributed by atoms with Crippen molar-refractivity contribution in [2.75, 3.05) is 37.7 Å². The number of ether oxygens (including phenoxy) is 1. The molecule has 10 heteroatoms. The van der Waals surface area contributed by atoms with Crippen molar-refractivity contribution in [2.24, 2.45) is 5.10 Å². The van der Waals surface area contributed by atoms with Crippen molar-refractivity contribution in [3.05, 3.63) is 101 Å². The third kappa shape index (κ3) is 6.53. The van der Waals surface area contributed by atoms with E-state index in [4.69, 9.17) is 16.3 Å². The lowest BCUT2D eigenvalue weighted by molar-refractivity contribution is -0.133. The van der Waals surface area contributed by atoms with Crippen LogP contribution in [0.15, 0.2) is 84.0 Å². The Bertz CT molecular complexity index is 1660. The maximum absolute atomic E-state index is 13.0. The number of aromatic hydroxyl groups is 1. The Morgan fingerprint density at radius 2 is 1.62 bits per heavy atom. The van der Waals surface area contributed by atoms with Gasteiger partial charge in [0.05, 0.1) is 11.2 Å². The number of nitrogens with one attached hydrogen (secondary N) is 1. The van der Waals surface area contributed by atoms with E-state index in [1.807, 2.05) is 54.6 Å². The number of halogens is 1. The molecule has 0 aromatic heterocycles. The van der Waals surface area contributed by atoms with Gasteiger partial charge in [-0.05, 0) is 66.9 Å². The van der Waals surface area contributed by atoms with E-state index in [1.165, 1.54) is 24.4 Å². The highest BCUT2D eigenvalue weighted by atomic mass is 35.5. The molecule has 1 aliphatic rings. The second-order valence-electron chi connectivity index (χ2n) is 9.82. The number of hydrazone groups is 1. The normalized spacial score (nSPS) is 13.4. The Balaban J connectivity index is 1.18. The summed E-state index contributed by atoms with van der Waals surface area (Å²) in [6.07, 6.45) is 1.53. The molecule has 2 N–H and O–H groups in total. The first-order valence-corrected chi connectivity index (χ1v) is 13.8. The van der Waals surface area contributed by atoms with Crippen LogP contribution < -0.4 is 15.1 Å². The molecular formula is C32H29ClN4O5. The molecule has 4 aromatic carbocycles. The van der Waals surface area contributed by atoms with Crippen LogP contribution in [-0.4, -0.2) is 66.6 Å². The summed E-state index contributed by atoms with van der Waals surface area (Å²) >= 11 is 5.88. The molecule has 2 amide bonds. The van der Waals surface area contributed by atoms with Gasteiger partial charge in [-0.1, -0.05) is 35.9 Å². The smallest absolute Gasteiger partial charge is 0.271 e. The van der Waals surface area contributed by atoms with Crippen molar-refractivity contribution < 1.29 is 24.2 Å². The number of hydrogen-bond acceptors (Lipinski definition) is 7. The third-order valence-electron chi connectivity index (χ3n) is 7.12. The number of carbonyl (C=O) groups excluding carboxylic acids is 3. The summed E-state index contributed by atoms with van der Waals surface area (Å²) in [7, 11) is 0. The minimum absolute atomic E-state index is 0.0362. The van der Waals surface area contributed by atoms with E-state index >= 15 is 0 Å². The summed E-state index contributed by atoms with van der Waals surface area (Å²) in [5, 5.41) is 15.3. The lowest BCUT2D eigenvalue weighted by atomic mass is 10.0. The average molecular weight is 585 g/mol. The van der Waals surface area contributed by atoms with Crippen molar-refractivity contribution in [1.29, 1.82) is 0 Å². The van der Waals surface area contributed by atoms with E-state index in [9.17, 15) is 19.5 Å². The highest BCUT2D eigenvalue weighted by Crippen LogP contribution is 2.28. The number of nitrogens with zero attached hydrogens (tertiary/aromatic N) is 3. The molecule has 214 valence electrons. The number of piperazine rings is 1. The zero-order chi connectivity index (χ0) is 29.6. The van der Waals surface area contributed by atoms with Crippen LogP contribution in [0.4, 0.5) is 5.69 Å². The fraction of sp³-hybridized carbons (Fsp3) is 0.188. The van der Waals surface area contributed by atoms with E-state index in [2.05, 4.69) is 15.4 Å². The second kappa shape index (κ2) is 12.7. The maximum Gasteiger partial charge on any atom is 0.271 e. The predicted octanol–water partition coefficient (Wildman–Crippen LogP) is 4.89. The summed E-state index contributed by atoms with van der Waals surface area (Å²) in [6, 6.07) is 22.9. The summed E-state index contributed by atoms with van der Waals surface area (Å²) in [5.74, 6) is -0.0585. The van der Waals surface area contributed by atoms with Crippen LogP contribution in [0, 0.1) is 0 Å². The molecule has 0 bridgehead atoms. The summed E-state index contributed by atoms with van der Waals surface area (Å²) in [6.45, 7) is 4.00. The molecule has 0 spiro atoms. The molecule has 0 atom stereocenters. The fourth-order valence-electron chi connectivity index (χ4n) is 4.76. The highest BCUT2D eigenvalue weighted by Gasteiger charge is 2.22. The van der Waals surface area contributed by atoms with Crippen LogP contribution in [0.5, 0.6) is 11.5 Å². The SMILES string of the molecule is CC(=O)c1ccc(N2CCN(C(=O)COc3ccc(/C=N/NC(=O)c4ccc(O)c(Cl)c4)c4ccccc34)CC2)cc1. The minimum atomic E-state index is -0.470. The number of hydrogen-bond donors (Lipinski definition) is 2. The molecule has 0 unspecified atom stereocenters. The summed E-state index contributed by atoms with van der Waals surface area (Å²) in [4.78, 5) is 40.9. The Morgan fingerprint density at radius 3 is 2.31 bits per heavy atom. The van der Waals surface area contributed by atoms with Crippen LogP contribution >= 0.6 is 11.6 Å². The number of fused-ring (bicyclic) bond motifs is 1. The molecule has 1 fully saturated rings. The van der Waals surface area contributed by atoms with Gasteiger partial charge >= 0.3 is 0 Å². The number of ketones is 1. The van der Waals surface area contributed by atoms with Gasteiger partial charge in [-0.25, -0.2) is 5.43 Å². The Hall–Kier alpha value is -4.89. The van der Waals surface area contributed by atoms with Crippen LogP contribution in [0.2, 0.25) is 5.02 Å². The molecule has 1 saturated heterocycles. The molecule has 0 radical (unpaired) electrons. The van der Waals surface area contributed by atoms with Gasteiger partial charge in [0.2, 0.25) is 0 Å². The number of rotatable bonds is 8. The number of phenols is 1. The van der Waals surface area contributed by atoms with Gasteiger partial charge < -0.3 is 19.6 Å². The number of carbonyl (C=O) groups is 3. The molecule has 42 heavy (non-hydrogen) atoms. The van der Waals surface area contributed by atoms with Gasteiger partial charge in [0.25, 0.3) is 11.8 Å². The first-order valence-electron chi connectivity index (χ1n) is 13.4. The summed E-state index contributed by atoms with van der Waals surface area (Å²) in [5.41, 5.74) is 5.19. The van der Waals surface area contributed by atoms with Gasteiger partial charge in [0.15, 0.2) is 12.4 Å². The monoisotopic (exact) mass is 584 g/mol. The van der Waals surface area contributed by atoms with Crippen molar-refractivity contribution in [3.8, 4) is 11.5 Å². The highest BCUT2D eigenvalue weighted by molar-refractivity contribution is 6.32. The molecular weight excluding hydrogens is 556 g/mol. The number of amides is 2. The van der Waals surface area contributed by atoms with E-state index in [0.717, 1.165) is 22.0 Å². The minimum Gasteiger partial charge on any atom is -0.506 e. The first-order chi connectivity index (χ1) is 20.3. The van der Waals surface area contributed by atoms with E-state index in [1.54, 1.807) is 17.9 Å². The van der Waals surface area contributed by atoms with Crippen molar-refractivity contribution in [1.82, 2.24) is 10.3 Å². The number of benzene rings is 4. The first kappa shape index (κ1) is 28.6. The van der Waals surface area contributed by atoms with Gasteiger partial charge in [-0.15, -0.1) is 0 Å². The van der Waals surface area contributed by atoms with Crippen LogP contribution in [0.1, 0.15) is 33.2 Å². The van der Waals surface area contributed by atoms with E-state index in [-0.39, 0.29) is 34.6 Å². The van der Waals surface area contributed by atoms with Crippen LogP contribution in [0.25, 0.3) is 10.8 Å². The number of Topliss-reactive ketones (excluding diaryl/α,β-unsaturated/α-hetero) is 1. The zero-order valence-corrected chi connectivity index (χ0v) is 23.7. The molecule has 5 rings (SSSR count). The molecule has 1 heterocycles. The van der Waals surface area contributed by atoms with Crippen molar-refractivity contribution >= 4 is 51.9 Å². The standard InChI is InChI=1S/C32H29ClN4O5/c1-21(38)22-6-10-25(11-7-22)36-14-16-37(17-15-36)31(40)20-42-30-13-9-24(26-4-2-3-5-27(26)30)19-34-35-32(41)23-8-12-29(39)28(33)18-23/h2-13,18-19,39H,14-17,20H2,1H3,(H,35,41)/b34-19+. The lowest BCUT2D eigenvalue weighted by Gasteiger charge is -2.36. The van der Waals surface area contributed by atoms with Crippen molar-refractivity contribution in [2.45, 2.75) is 6.92 Å². The van der Waals surface area contributed by atoms with E-state index in [0.29, 0.717) is 37.5 Å². The van der Waals surface area contributed by atoms with Crippen LogP contribution in [0.3, 0.4) is 0 Å².